The Morgan fingerprint density at radius 3 is 2.36 bits per heavy atom. The standard InChI is InChI=1S/C12H18N2/c1-5-7-11-9-14(10(3)4)13-12(11)8-6-2/h5-10H,1-4H3/b7-5-,8-6-. The maximum atomic E-state index is 4.50. The van der Waals surface area contributed by atoms with Crippen LogP contribution in [0, 0.1) is 0 Å². The molecule has 1 aromatic heterocycles. The van der Waals surface area contributed by atoms with Crippen LogP contribution in [0.1, 0.15) is 45.0 Å². The third kappa shape index (κ3) is 2.34. The number of hydrogen-bond acceptors (Lipinski definition) is 1. The first-order valence-electron chi connectivity index (χ1n) is 5.03. The summed E-state index contributed by atoms with van der Waals surface area (Å²) in [6, 6.07) is 0.415. The van der Waals surface area contributed by atoms with Gasteiger partial charge in [0, 0.05) is 17.8 Å². The second-order valence-corrected chi connectivity index (χ2v) is 3.54. The Balaban J connectivity index is 3.11. The minimum atomic E-state index is 0.415. The highest BCUT2D eigenvalue weighted by Crippen LogP contribution is 2.14. The molecule has 0 bridgehead atoms. The van der Waals surface area contributed by atoms with E-state index in [0.717, 1.165) is 5.69 Å². The molecule has 0 aliphatic rings. The molecule has 1 aromatic rings. The molecule has 1 rings (SSSR count). The van der Waals surface area contributed by atoms with Crippen LogP contribution in [0.4, 0.5) is 0 Å². The van der Waals surface area contributed by atoms with Gasteiger partial charge in [-0.3, -0.25) is 4.68 Å². The summed E-state index contributed by atoms with van der Waals surface area (Å²) >= 11 is 0. The summed E-state index contributed by atoms with van der Waals surface area (Å²) < 4.78 is 1.99. The van der Waals surface area contributed by atoms with Crippen molar-refractivity contribution in [3.63, 3.8) is 0 Å². The average molecular weight is 190 g/mol. The topological polar surface area (TPSA) is 17.8 Å². The Labute approximate surface area is 85.9 Å². The summed E-state index contributed by atoms with van der Waals surface area (Å²) in [5, 5.41) is 4.50. The fraction of sp³-hybridized carbons (Fsp3) is 0.417. The van der Waals surface area contributed by atoms with Crippen molar-refractivity contribution in [3.8, 4) is 0 Å². The quantitative estimate of drug-likeness (QED) is 0.713. The van der Waals surface area contributed by atoms with E-state index in [1.807, 2.05) is 36.8 Å². The van der Waals surface area contributed by atoms with Gasteiger partial charge in [-0.1, -0.05) is 18.2 Å². The van der Waals surface area contributed by atoms with Gasteiger partial charge in [0.15, 0.2) is 0 Å². The van der Waals surface area contributed by atoms with Crippen molar-refractivity contribution in [3.05, 3.63) is 29.6 Å². The summed E-state index contributed by atoms with van der Waals surface area (Å²) in [5.41, 5.74) is 2.22. The molecule has 76 valence electrons. The van der Waals surface area contributed by atoms with Crippen molar-refractivity contribution in [1.82, 2.24) is 9.78 Å². The van der Waals surface area contributed by atoms with Gasteiger partial charge in [-0.25, -0.2) is 0 Å². The Morgan fingerprint density at radius 1 is 1.21 bits per heavy atom. The molecule has 0 radical (unpaired) electrons. The van der Waals surface area contributed by atoms with E-state index >= 15 is 0 Å². The zero-order chi connectivity index (χ0) is 10.6. The van der Waals surface area contributed by atoms with Gasteiger partial charge >= 0.3 is 0 Å². The van der Waals surface area contributed by atoms with Crippen molar-refractivity contribution >= 4 is 12.2 Å². The normalized spacial score (nSPS) is 12.4. The van der Waals surface area contributed by atoms with Crippen molar-refractivity contribution in [2.75, 3.05) is 0 Å². The molecule has 2 nitrogen and oxygen atoms in total. The monoisotopic (exact) mass is 190 g/mol. The Morgan fingerprint density at radius 2 is 1.86 bits per heavy atom. The van der Waals surface area contributed by atoms with E-state index in [9.17, 15) is 0 Å². The number of rotatable bonds is 3. The van der Waals surface area contributed by atoms with Crippen molar-refractivity contribution in [2.45, 2.75) is 33.7 Å². The summed E-state index contributed by atoms with van der Waals surface area (Å²) in [6.07, 6.45) is 10.3. The first-order chi connectivity index (χ1) is 6.69. The molecule has 14 heavy (non-hydrogen) atoms. The minimum absolute atomic E-state index is 0.415. The molecule has 0 atom stereocenters. The Bertz CT molecular complexity index is 314. The molecule has 0 amide bonds. The molecule has 2 heteroatoms. The zero-order valence-electron chi connectivity index (χ0n) is 9.36. The Hall–Kier alpha value is -1.31. The van der Waals surface area contributed by atoms with E-state index < -0.39 is 0 Å². The lowest BCUT2D eigenvalue weighted by molar-refractivity contribution is 0.531. The summed E-state index contributed by atoms with van der Waals surface area (Å²) in [6.45, 7) is 8.29. The van der Waals surface area contributed by atoms with Gasteiger partial charge in [-0.05, 0) is 33.8 Å². The maximum absolute atomic E-state index is 4.50. The fourth-order valence-electron chi connectivity index (χ4n) is 1.28. The molecular formula is C12H18N2. The van der Waals surface area contributed by atoms with Gasteiger partial charge in [0.1, 0.15) is 0 Å². The molecule has 0 saturated carbocycles. The van der Waals surface area contributed by atoms with E-state index in [2.05, 4.69) is 31.2 Å². The lowest BCUT2D eigenvalue weighted by Crippen LogP contribution is -2.00. The van der Waals surface area contributed by atoms with Crippen molar-refractivity contribution in [1.29, 1.82) is 0 Å². The molecule has 0 N–H and O–H groups in total. The predicted octanol–water partition coefficient (Wildman–Crippen LogP) is 3.53. The highest BCUT2D eigenvalue weighted by atomic mass is 15.3. The number of allylic oxidation sites excluding steroid dienone is 2. The van der Waals surface area contributed by atoms with Crippen LogP contribution in [0.5, 0.6) is 0 Å². The number of nitrogens with zero attached hydrogens (tertiary/aromatic N) is 2. The van der Waals surface area contributed by atoms with Gasteiger partial charge < -0.3 is 0 Å². The lowest BCUT2D eigenvalue weighted by atomic mass is 10.2. The third-order valence-electron chi connectivity index (χ3n) is 1.99. The van der Waals surface area contributed by atoms with Crippen molar-refractivity contribution < 1.29 is 0 Å². The van der Waals surface area contributed by atoms with Crippen LogP contribution in [-0.4, -0.2) is 9.78 Å². The fourth-order valence-corrected chi connectivity index (χ4v) is 1.28. The van der Waals surface area contributed by atoms with Crippen LogP contribution in [0.25, 0.3) is 12.2 Å². The van der Waals surface area contributed by atoms with Gasteiger partial charge in [0.05, 0.1) is 5.69 Å². The third-order valence-corrected chi connectivity index (χ3v) is 1.99. The zero-order valence-corrected chi connectivity index (χ0v) is 9.36. The van der Waals surface area contributed by atoms with E-state index in [1.54, 1.807) is 0 Å². The summed E-state index contributed by atoms with van der Waals surface area (Å²) in [4.78, 5) is 0. The molecule has 0 aliphatic heterocycles. The van der Waals surface area contributed by atoms with Crippen LogP contribution >= 0.6 is 0 Å². The highest BCUT2D eigenvalue weighted by molar-refractivity contribution is 5.61. The van der Waals surface area contributed by atoms with Crippen LogP contribution in [0.15, 0.2) is 18.3 Å². The van der Waals surface area contributed by atoms with Gasteiger partial charge in [0.2, 0.25) is 0 Å². The second kappa shape index (κ2) is 4.80. The largest absolute Gasteiger partial charge is 0.269 e. The van der Waals surface area contributed by atoms with Crippen LogP contribution in [-0.2, 0) is 0 Å². The van der Waals surface area contributed by atoms with Gasteiger partial charge in [0.25, 0.3) is 0 Å². The van der Waals surface area contributed by atoms with E-state index in [-0.39, 0.29) is 0 Å². The number of aromatic nitrogens is 2. The molecule has 0 aromatic carbocycles. The molecule has 0 aliphatic carbocycles. The SMILES string of the molecule is C/C=C\c1cn(C(C)C)nc1/C=C\C. The molecule has 1 heterocycles. The van der Waals surface area contributed by atoms with E-state index in [1.165, 1.54) is 5.56 Å². The molecule has 0 unspecified atom stereocenters. The van der Waals surface area contributed by atoms with Crippen LogP contribution in [0.3, 0.4) is 0 Å². The Kier molecular flexibility index (Phi) is 3.69. The first kappa shape index (κ1) is 10.8. The van der Waals surface area contributed by atoms with Gasteiger partial charge in [-0.15, -0.1) is 0 Å². The molecule has 0 spiro atoms. The van der Waals surface area contributed by atoms with E-state index in [4.69, 9.17) is 0 Å². The van der Waals surface area contributed by atoms with Crippen LogP contribution < -0.4 is 0 Å². The van der Waals surface area contributed by atoms with E-state index in [0.29, 0.717) is 6.04 Å². The second-order valence-electron chi connectivity index (χ2n) is 3.54. The minimum Gasteiger partial charge on any atom is -0.269 e. The van der Waals surface area contributed by atoms with Gasteiger partial charge in [-0.2, -0.15) is 5.10 Å². The lowest BCUT2D eigenvalue weighted by Gasteiger charge is -2.02. The maximum Gasteiger partial charge on any atom is 0.0920 e. The average Bonchev–Trinajstić information content (AvgIpc) is 2.50. The smallest absolute Gasteiger partial charge is 0.0920 e. The number of hydrogen-bond donors (Lipinski definition) is 0. The molecule has 0 saturated heterocycles. The highest BCUT2D eigenvalue weighted by Gasteiger charge is 2.05. The van der Waals surface area contributed by atoms with Crippen LogP contribution in [0.2, 0.25) is 0 Å². The summed E-state index contributed by atoms with van der Waals surface area (Å²) in [7, 11) is 0. The predicted molar refractivity (Wildman–Crippen MR) is 62.0 cm³/mol. The first-order valence-corrected chi connectivity index (χ1v) is 5.03. The molecule has 0 fully saturated rings. The molecular weight excluding hydrogens is 172 g/mol. The van der Waals surface area contributed by atoms with Crippen molar-refractivity contribution in [2.24, 2.45) is 0 Å². The summed E-state index contributed by atoms with van der Waals surface area (Å²) in [5.74, 6) is 0.